The third-order valence-corrected chi connectivity index (χ3v) is 4.53. The van der Waals surface area contributed by atoms with Crippen LogP contribution in [0.3, 0.4) is 0 Å². The summed E-state index contributed by atoms with van der Waals surface area (Å²) in [5.74, 6) is -1.26. The van der Waals surface area contributed by atoms with Crippen LogP contribution in [0.1, 0.15) is 11.1 Å². The van der Waals surface area contributed by atoms with Crippen molar-refractivity contribution in [2.24, 2.45) is 0 Å². The van der Waals surface area contributed by atoms with Crippen LogP contribution in [0.15, 0.2) is 54.6 Å². The van der Waals surface area contributed by atoms with E-state index in [1.807, 2.05) is 4.72 Å². The van der Waals surface area contributed by atoms with Crippen LogP contribution >= 0.6 is 11.6 Å². The molecule has 0 bridgehead atoms. The van der Waals surface area contributed by atoms with Crippen LogP contribution in [0.5, 0.6) is 0 Å². The van der Waals surface area contributed by atoms with E-state index in [2.05, 4.69) is 0 Å². The van der Waals surface area contributed by atoms with E-state index >= 15 is 0 Å². The van der Waals surface area contributed by atoms with Crippen LogP contribution in [0.25, 0.3) is 6.08 Å². The first-order valence-corrected chi connectivity index (χ1v) is 9.00. The van der Waals surface area contributed by atoms with Gasteiger partial charge < -0.3 is 0 Å². The highest BCUT2D eigenvalue weighted by molar-refractivity contribution is 7.89. The Morgan fingerprint density at radius 3 is 2.28 bits per heavy atom. The number of carbonyl (C=O) groups is 1. The molecule has 2 aromatic rings. The topological polar surface area (TPSA) is 106 Å². The van der Waals surface area contributed by atoms with Crippen molar-refractivity contribution >= 4 is 39.3 Å². The van der Waals surface area contributed by atoms with Crippen LogP contribution in [0.4, 0.5) is 5.69 Å². The number of hydrogen-bond donors (Lipinski definition) is 1. The summed E-state index contributed by atoms with van der Waals surface area (Å²) in [6.45, 7) is 0. The summed E-state index contributed by atoms with van der Waals surface area (Å²) in [6, 6.07) is 11.7. The molecule has 0 saturated heterocycles. The summed E-state index contributed by atoms with van der Waals surface area (Å²) in [7, 11) is -3.92. The zero-order valence-electron chi connectivity index (χ0n) is 12.8. The average molecular weight is 381 g/mol. The summed E-state index contributed by atoms with van der Waals surface area (Å²) < 4.78 is 25.8. The molecule has 0 spiro atoms. The molecule has 0 saturated carbocycles. The summed E-state index contributed by atoms with van der Waals surface area (Å²) >= 11 is 5.75. The molecule has 0 aliphatic rings. The van der Waals surface area contributed by atoms with E-state index in [0.29, 0.717) is 16.1 Å². The Balaban J connectivity index is 1.98. The SMILES string of the molecule is O=C(/C=C/c1ccc(Cl)cc1)NS(=O)(=O)Cc1ccc([N+](=O)[O-])cc1. The normalized spacial score (nSPS) is 11.4. The van der Waals surface area contributed by atoms with Crippen LogP contribution < -0.4 is 4.72 Å². The van der Waals surface area contributed by atoms with E-state index in [-0.39, 0.29) is 5.69 Å². The highest BCUT2D eigenvalue weighted by atomic mass is 35.5. The maximum Gasteiger partial charge on any atom is 0.269 e. The molecule has 0 aromatic heterocycles. The number of halogens is 1. The summed E-state index contributed by atoms with van der Waals surface area (Å²) in [5, 5.41) is 11.1. The van der Waals surface area contributed by atoms with Crippen molar-refractivity contribution in [1.29, 1.82) is 0 Å². The Kier molecular flexibility index (Phi) is 5.89. The van der Waals surface area contributed by atoms with Gasteiger partial charge in [0.25, 0.3) is 11.6 Å². The molecule has 0 fully saturated rings. The van der Waals surface area contributed by atoms with Gasteiger partial charge in [-0.3, -0.25) is 14.9 Å². The number of rotatable bonds is 6. The van der Waals surface area contributed by atoms with Gasteiger partial charge in [0.1, 0.15) is 0 Å². The number of nitrogens with one attached hydrogen (secondary N) is 1. The lowest BCUT2D eigenvalue weighted by molar-refractivity contribution is -0.384. The number of nitro groups is 1. The second-order valence-electron chi connectivity index (χ2n) is 5.03. The van der Waals surface area contributed by atoms with Gasteiger partial charge in [0.2, 0.25) is 10.0 Å². The number of carbonyl (C=O) groups excluding carboxylic acids is 1. The monoisotopic (exact) mass is 380 g/mol. The minimum atomic E-state index is -3.92. The molecular formula is C16H13ClN2O5S. The number of nitrogens with zero attached hydrogens (tertiary/aromatic N) is 1. The lowest BCUT2D eigenvalue weighted by Gasteiger charge is -2.05. The molecule has 0 aliphatic carbocycles. The number of non-ortho nitro benzene ring substituents is 1. The Bertz CT molecular complexity index is 907. The van der Waals surface area contributed by atoms with Gasteiger partial charge in [-0.1, -0.05) is 35.9 Å². The fourth-order valence-electron chi connectivity index (χ4n) is 1.90. The molecule has 7 nitrogen and oxygen atoms in total. The van der Waals surface area contributed by atoms with E-state index in [4.69, 9.17) is 11.6 Å². The lowest BCUT2D eigenvalue weighted by Crippen LogP contribution is -2.30. The lowest BCUT2D eigenvalue weighted by atomic mass is 10.2. The van der Waals surface area contributed by atoms with E-state index in [1.54, 1.807) is 24.3 Å². The molecule has 130 valence electrons. The molecule has 1 amide bonds. The van der Waals surface area contributed by atoms with Gasteiger partial charge in [0, 0.05) is 23.2 Å². The van der Waals surface area contributed by atoms with Crippen molar-refractivity contribution in [3.05, 3.63) is 80.9 Å². The van der Waals surface area contributed by atoms with Gasteiger partial charge in [0.15, 0.2) is 0 Å². The van der Waals surface area contributed by atoms with Crippen LogP contribution in [-0.2, 0) is 20.6 Å². The quantitative estimate of drug-likeness (QED) is 0.471. The highest BCUT2D eigenvalue weighted by Crippen LogP contribution is 2.14. The number of amides is 1. The summed E-state index contributed by atoms with van der Waals surface area (Å²) in [4.78, 5) is 21.7. The fraction of sp³-hybridized carbons (Fsp3) is 0.0625. The first kappa shape index (κ1) is 18.6. The number of nitro benzene ring substituents is 1. The van der Waals surface area contributed by atoms with Gasteiger partial charge in [-0.05, 0) is 29.3 Å². The molecular weight excluding hydrogens is 368 g/mol. The Hall–Kier alpha value is -2.71. The number of benzene rings is 2. The van der Waals surface area contributed by atoms with Crippen LogP contribution in [0.2, 0.25) is 5.02 Å². The van der Waals surface area contributed by atoms with E-state index in [1.165, 1.54) is 30.3 Å². The van der Waals surface area contributed by atoms with Crippen molar-refractivity contribution in [3.63, 3.8) is 0 Å². The molecule has 0 aliphatic heterocycles. The van der Waals surface area contributed by atoms with Gasteiger partial charge in [-0.25, -0.2) is 13.1 Å². The van der Waals surface area contributed by atoms with E-state index in [0.717, 1.165) is 6.08 Å². The van der Waals surface area contributed by atoms with Crippen molar-refractivity contribution in [1.82, 2.24) is 4.72 Å². The average Bonchev–Trinajstić information content (AvgIpc) is 2.54. The van der Waals surface area contributed by atoms with Gasteiger partial charge in [-0.15, -0.1) is 0 Å². The second kappa shape index (κ2) is 7.91. The molecule has 2 aromatic carbocycles. The van der Waals surface area contributed by atoms with Crippen molar-refractivity contribution in [2.75, 3.05) is 0 Å². The first-order valence-electron chi connectivity index (χ1n) is 6.96. The number of hydrogen-bond acceptors (Lipinski definition) is 5. The Labute approximate surface area is 149 Å². The maximum atomic E-state index is 12.0. The first-order chi connectivity index (χ1) is 11.7. The molecule has 25 heavy (non-hydrogen) atoms. The largest absolute Gasteiger partial charge is 0.269 e. The second-order valence-corrected chi connectivity index (χ2v) is 7.19. The zero-order valence-corrected chi connectivity index (χ0v) is 14.3. The molecule has 2 rings (SSSR count). The van der Waals surface area contributed by atoms with Gasteiger partial charge in [0.05, 0.1) is 10.7 Å². The minimum Gasteiger partial charge on any atom is -0.269 e. The standard InChI is InChI=1S/C16H13ClN2O5S/c17-14-6-1-12(2-7-14)5-10-16(20)18-25(23,24)11-13-3-8-15(9-4-13)19(21)22/h1-10H,11H2,(H,18,20)/b10-5+. The van der Waals surface area contributed by atoms with Crippen molar-refractivity contribution < 1.29 is 18.1 Å². The highest BCUT2D eigenvalue weighted by Gasteiger charge is 2.15. The summed E-state index contributed by atoms with van der Waals surface area (Å²) in [5.41, 5.74) is 0.871. The van der Waals surface area contributed by atoms with Crippen LogP contribution in [0, 0.1) is 10.1 Å². The third kappa shape index (κ3) is 6.02. The maximum absolute atomic E-state index is 12.0. The molecule has 0 atom stereocenters. The van der Waals surface area contributed by atoms with E-state index in [9.17, 15) is 23.3 Å². The predicted molar refractivity (Wildman–Crippen MR) is 94.3 cm³/mol. The molecule has 9 heteroatoms. The molecule has 0 heterocycles. The Morgan fingerprint density at radius 2 is 1.72 bits per heavy atom. The third-order valence-electron chi connectivity index (χ3n) is 3.06. The van der Waals surface area contributed by atoms with E-state index < -0.39 is 26.6 Å². The zero-order chi connectivity index (χ0) is 18.4. The van der Waals surface area contributed by atoms with Gasteiger partial charge >= 0.3 is 0 Å². The Morgan fingerprint density at radius 1 is 1.12 bits per heavy atom. The molecule has 0 unspecified atom stereocenters. The van der Waals surface area contributed by atoms with Crippen LogP contribution in [-0.4, -0.2) is 19.2 Å². The summed E-state index contributed by atoms with van der Waals surface area (Å²) in [6.07, 6.45) is 2.55. The van der Waals surface area contributed by atoms with Gasteiger partial charge in [-0.2, -0.15) is 0 Å². The minimum absolute atomic E-state index is 0.143. The van der Waals surface area contributed by atoms with Crippen molar-refractivity contribution in [3.8, 4) is 0 Å². The predicted octanol–water partition coefficient (Wildman–Crippen LogP) is 2.91. The molecule has 0 radical (unpaired) electrons. The van der Waals surface area contributed by atoms with Crippen molar-refractivity contribution in [2.45, 2.75) is 5.75 Å². The number of sulfonamides is 1. The molecule has 1 N–H and O–H groups in total. The smallest absolute Gasteiger partial charge is 0.269 e. The fourth-order valence-corrected chi connectivity index (χ4v) is 3.11.